The van der Waals surface area contributed by atoms with E-state index in [1.165, 1.54) is 45.5 Å². The van der Waals surface area contributed by atoms with E-state index >= 15 is 0 Å². The number of benzene rings is 8. The SMILES string of the molecule is C=C(OC(C)(C)COCCOC)N(C(=O)c1cc2ccccc2c(N=Nc2ccc(-c3ccc(N=Nc4c(O)c(C(=O)N(C(=O)OC(C)(C)COCCOC)c5ccccc5OC)cc5ccccc45)c(OC)c3)cc2OC)c1O)c1ccccc1OC. The number of para-hydroxylation sites is 4. The minimum atomic E-state index is -1.20. The first-order valence-corrected chi connectivity index (χ1v) is 27.8. The first-order chi connectivity index (χ1) is 42.4. The lowest BCUT2D eigenvalue weighted by Gasteiger charge is -2.33. The molecule has 8 rings (SSSR count). The van der Waals surface area contributed by atoms with E-state index in [1.807, 2.05) is 0 Å². The van der Waals surface area contributed by atoms with Crippen molar-refractivity contribution in [1.29, 1.82) is 0 Å². The van der Waals surface area contributed by atoms with E-state index in [2.05, 4.69) is 27.0 Å². The smallest absolute Gasteiger partial charge is 0.422 e. The van der Waals surface area contributed by atoms with E-state index in [1.54, 1.807) is 175 Å². The van der Waals surface area contributed by atoms with E-state index in [9.17, 15) is 24.6 Å². The minimum absolute atomic E-state index is 0.00950. The van der Waals surface area contributed by atoms with Crippen molar-refractivity contribution in [3.05, 3.63) is 169 Å². The second-order valence-electron chi connectivity index (χ2n) is 21.0. The molecule has 458 valence electrons. The molecule has 8 aromatic carbocycles. The summed E-state index contributed by atoms with van der Waals surface area (Å²) < 4.78 is 56.8. The van der Waals surface area contributed by atoms with Gasteiger partial charge in [0.05, 0.1) is 90.6 Å². The zero-order chi connectivity index (χ0) is 63.1. The molecule has 0 unspecified atom stereocenters. The van der Waals surface area contributed by atoms with Gasteiger partial charge in [-0.05, 0) is 117 Å². The van der Waals surface area contributed by atoms with Crippen molar-refractivity contribution >= 4 is 73.6 Å². The molecule has 21 nitrogen and oxygen atoms in total. The molecule has 0 bridgehead atoms. The molecule has 0 aliphatic rings. The van der Waals surface area contributed by atoms with Crippen molar-refractivity contribution < 1.29 is 72.0 Å². The lowest BCUT2D eigenvalue weighted by atomic mass is 10.0. The van der Waals surface area contributed by atoms with E-state index in [-0.39, 0.29) is 65.3 Å². The molecule has 0 fully saturated rings. The summed E-state index contributed by atoms with van der Waals surface area (Å²) in [4.78, 5) is 46.1. The molecule has 0 saturated carbocycles. The van der Waals surface area contributed by atoms with Crippen LogP contribution < -0.4 is 28.7 Å². The number of aromatic hydroxyl groups is 2. The number of nitrogens with zero attached hydrogens (tertiary/aromatic N) is 6. The standard InChI is InChI=1S/C67H70N6O15/c1-42(87-66(2,3)40-85-34-32-79-6)72(53-24-16-18-26-55(53)81-8)63(76)49-36-45-20-12-14-22-47(45)59(61(49)74)70-68-51-30-28-43(38-57(51)83-10)44-29-31-52(58(39-44)84-11)69-71-60-48-23-15-13-21-46(48)37-50(62(60)75)64(77)73(54-25-17-19-27-56(54)82-9)65(78)88-67(4,5)41-86-35-33-80-7/h12-31,36-39,74-75H,1,32-35,40-41H2,2-11H3. The highest BCUT2D eigenvalue weighted by Crippen LogP contribution is 2.46. The Labute approximate surface area is 509 Å². The van der Waals surface area contributed by atoms with Gasteiger partial charge in [0, 0.05) is 25.0 Å². The number of amides is 3. The number of phenolic OH excluding ortho intramolecular Hbond substituents is 2. The Bertz CT molecular complexity index is 3650. The van der Waals surface area contributed by atoms with Crippen LogP contribution in [0.25, 0.3) is 32.7 Å². The first kappa shape index (κ1) is 64.1. The molecule has 0 aromatic heterocycles. The molecular formula is C67H70N6O15. The third-order valence-electron chi connectivity index (χ3n) is 13.7. The fraction of sp³-hybridized carbons (Fsp3) is 0.269. The van der Waals surface area contributed by atoms with Crippen LogP contribution in [0.5, 0.6) is 34.5 Å². The number of carbonyl (C=O) groups excluding carboxylic acids is 3. The minimum Gasteiger partial charge on any atom is -0.505 e. The number of carbonyl (C=O) groups is 3. The summed E-state index contributed by atoms with van der Waals surface area (Å²) in [6.07, 6.45) is -1.05. The van der Waals surface area contributed by atoms with Crippen LogP contribution >= 0.6 is 0 Å². The third kappa shape index (κ3) is 14.8. The highest BCUT2D eigenvalue weighted by Gasteiger charge is 2.36. The molecule has 0 aliphatic heterocycles. The molecule has 0 heterocycles. The average Bonchev–Trinajstić information content (AvgIpc) is 3.69. The number of methoxy groups -OCH3 is 6. The highest BCUT2D eigenvalue weighted by molar-refractivity contribution is 6.23. The number of rotatable bonds is 27. The van der Waals surface area contributed by atoms with Gasteiger partial charge in [-0.25, -0.2) is 14.6 Å². The lowest BCUT2D eigenvalue weighted by molar-refractivity contribution is -0.0522. The number of fused-ring (bicyclic) bond motifs is 2. The van der Waals surface area contributed by atoms with Gasteiger partial charge in [0.2, 0.25) is 0 Å². The van der Waals surface area contributed by atoms with Gasteiger partial charge in [-0.1, -0.05) is 84.9 Å². The van der Waals surface area contributed by atoms with E-state index in [0.29, 0.717) is 81.1 Å². The van der Waals surface area contributed by atoms with Crippen LogP contribution in [0.1, 0.15) is 48.4 Å². The monoisotopic (exact) mass is 1200 g/mol. The number of azo groups is 2. The Morgan fingerprint density at radius 1 is 0.466 bits per heavy atom. The number of anilines is 2. The van der Waals surface area contributed by atoms with Crippen molar-refractivity contribution in [2.45, 2.75) is 38.9 Å². The van der Waals surface area contributed by atoms with Crippen LogP contribution in [0.2, 0.25) is 0 Å². The average molecular weight is 1200 g/mol. The summed E-state index contributed by atoms with van der Waals surface area (Å²) in [5.74, 6) is -1.58. The van der Waals surface area contributed by atoms with Crippen LogP contribution in [0, 0.1) is 0 Å². The van der Waals surface area contributed by atoms with Crippen LogP contribution in [-0.2, 0) is 28.4 Å². The van der Waals surface area contributed by atoms with Crippen LogP contribution in [0.15, 0.2) is 179 Å². The highest BCUT2D eigenvalue weighted by atomic mass is 16.6. The van der Waals surface area contributed by atoms with Gasteiger partial charge in [0.15, 0.2) is 17.4 Å². The maximum absolute atomic E-state index is 15.0. The predicted molar refractivity (Wildman–Crippen MR) is 334 cm³/mol. The fourth-order valence-corrected chi connectivity index (χ4v) is 9.39. The van der Waals surface area contributed by atoms with Gasteiger partial charge in [0.25, 0.3) is 11.8 Å². The Morgan fingerprint density at radius 2 is 0.864 bits per heavy atom. The molecular weight excluding hydrogens is 1130 g/mol. The van der Waals surface area contributed by atoms with E-state index in [0.717, 1.165) is 4.90 Å². The lowest BCUT2D eigenvalue weighted by Crippen LogP contribution is -2.44. The first-order valence-electron chi connectivity index (χ1n) is 27.8. The Balaban J connectivity index is 1.10. The quantitative estimate of drug-likeness (QED) is 0.0276. The normalized spacial score (nSPS) is 11.7. The van der Waals surface area contributed by atoms with Crippen molar-refractivity contribution in [1.82, 2.24) is 0 Å². The second-order valence-corrected chi connectivity index (χ2v) is 21.0. The third-order valence-corrected chi connectivity index (χ3v) is 13.7. The number of imide groups is 1. The van der Waals surface area contributed by atoms with Crippen LogP contribution in [-0.4, -0.2) is 122 Å². The summed E-state index contributed by atoms with van der Waals surface area (Å²) in [5, 5.41) is 44.4. The molecule has 21 heteroatoms. The number of ether oxygens (including phenoxy) is 10. The van der Waals surface area contributed by atoms with E-state index in [4.69, 9.17) is 47.4 Å². The molecule has 88 heavy (non-hydrogen) atoms. The molecule has 0 spiro atoms. The summed E-state index contributed by atoms with van der Waals surface area (Å²) >= 11 is 0. The number of hydrogen-bond donors (Lipinski definition) is 2. The van der Waals surface area contributed by atoms with Gasteiger partial charge in [0.1, 0.15) is 56.9 Å². The zero-order valence-corrected chi connectivity index (χ0v) is 50.7. The zero-order valence-electron chi connectivity index (χ0n) is 50.7. The number of phenols is 2. The second kappa shape index (κ2) is 29.0. The topological polar surface area (TPSA) is 240 Å². The Morgan fingerprint density at radius 3 is 1.31 bits per heavy atom. The molecule has 0 atom stereocenters. The molecule has 8 aromatic rings. The maximum atomic E-state index is 15.0. The van der Waals surface area contributed by atoms with Crippen molar-refractivity contribution in [2.24, 2.45) is 20.5 Å². The van der Waals surface area contributed by atoms with Crippen LogP contribution in [0.3, 0.4) is 0 Å². The summed E-state index contributed by atoms with van der Waals surface area (Å²) in [5.41, 5.74) is -0.352. The summed E-state index contributed by atoms with van der Waals surface area (Å²) in [7, 11) is 8.95. The van der Waals surface area contributed by atoms with Gasteiger partial charge < -0.3 is 57.6 Å². The van der Waals surface area contributed by atoms with Gasteiger partial charge in [-0.15, -0.1) is 20.5 Å². The molecule has 0 aliphatic carbocycles. The Kier molecular flexibility index (Phi) is 21.1. The molecule has 3 amide bonds. The van der Waals surface area contributed by atoms with Crippen molar-refractivity contribution in [3.63, 3.8) is 0 Å². The summed E-state index contributed by atoms with van der Waals surface area (Å²) in [6.45, 7) is 12.4. The Hall–Kier alpha value is -9.93. The molecule has 0 radical (unpaired) electrons. The number of hydrogen-bond acceptors (Lipinski definition) is 19. The molecule has 0 saturated heterocycles. The van der Waals surface area contributed by atoms with Gasteiger partial charge in [-0.2, -0.15) is 0 Å². The fourth-order valence-electron chi connectivity index (χ4n) is 9.39. The van der Waals surface area contributed by atoms with Crippen molar-refractivity contribution in [2.75, 3.05) is 92.1 Å². The summed E-state index contributed by atoms with van der Waals surface area (Å²) in [6, 6.07) is 40.8. The van der Waals surface area contributed by atoms with Crippen molar-refractivity contribution in [3.8, 4) is 45.6 Å². The largest absolute Gasteiger partial charge is 0.505 e. The van der Waals surface area contributed by atoms with E-state index < -0.39 is 40.6 Å². The maximum Gasteiger partial charge on any atom is 0.422 e. The predicted octanol–water partition coefficient (Wildman–Crippen LogP) is 14.7. The van der Waals surface area contributed by atoms with Gasteiger partial charge >= 0.3 is 6.09 Å². The van der Waals surface area contributed by atoms with Gasteiger partial charge in [-0.3, -0.25) is 9.59 Å². The molecule has 2 N–H and O–H groups in total. The van der Waals surface area contributed by atoms with Crippen LogP contribution in [0.4, 0.5) is 38.9 Å².